The maximum Gasteiger partial charge on any atom is 0.240 e. The van der Waals surface area contributed by atoms with E-state index in [9.17, 15) is 17.6 Å². The molecule has 128 valence electrons. The molecular formula is C15H22FN3O3S. The highest BCUT2D eigenvalue weighted by atomic mass is 32.2. The third kappa shape index (κ3) is 5.26. The Morgan fingerprint density at radius 1 is 1.35 bits per heavy atom. The molecule has 0 aromatic heterocycles. The number of halogens is 1. The lowest BCUT2D eigenvalue weighted by atomic mass is 9.95. The van der Waals surface area contributed by atoms with E-state index in [1.165, 1.54) is 12.1 Å². The average molecular weight is 343 g/mol. The molecule has 0 saturated carbocycles. The maximum absolute atomic E-state index is 12.8. The Labute approximate surface area is 135 Å². The molecule has 3 N–H and O–H groups in total. The first kappa shape index (κ1) is 17.8. The number of rotatable bonds is 6. The number of benzene rings is 1. The summed E-state index contributed by atoms with van der Waals surface area (Å²) in [5.74, 6) is -0.290. The molecule has 0 radical (unpaired) electrons. The average Bonchev–Trinajstić information content (AvgIpc) is 2.50. The zero-order valence-electron chi connectivity index (χ0n) is 13.0. The van der Waals surface area contributed by atoms with Gasteiger partial charge in [-0.1, -0.05) is 6.92 Å². The Kier molecular flexibility index (Phi) is 6.09. The van der Waals surface area contributed by atoms with Crippen LogP contribution >= 0.6 is 0 Å². The van der Waals surface area contributed by atoms with E-state index in [0.29, 0.717) is 5.92 Å². The number of nitrogens with one attached hydrogen (secondary N) is 3. The second-order valence-corrected chi connectivity index (χ2v) is 7.51. The van der Waals surface area contributed by atoms with E-state index in [4.69, 9.17) is 0 Å². The molecule has 8 heteroatoms. The first-order chi connectivity index (χ1) is 10.9. The fourth-order valence-corrected chi connectivity index (χ4v) is 3.49. The van der Waals surface area contributed by atoms with Crippen molar-refractivity contribution in [1.29, 1.82) is 0 Å². The van der Waals surface area contributed by atoms with Crippen LogP contribution in [0, 0.1) is 11.7 Å². The SMILES string of the molecule is CC1CCNCC1NC(=O)CCNS(=O)(=O)c1ccc(F)cc1. The first-order valence-electron chi connectivity index (χ1n) is 7.64. The van der Waals surface area contributed by atoms with Crippen LogP contribution in [0.4, 0.5) is 4.39 Å². The third-order valence-electron chi connectivity index (χ3n) is 3.94. The van der Waals surface area contributed by atoms with Crippen LogP contribution in [0.25, 0.3) is 0 Å². The molecule has 2 unspecified atom stereocenters. The van der Waals surface area contributed by atoms with E-state index in [0.717, 1.165) is 31.6 Å². The highest BCUT2D eigenvalue weighted by Crippen LogP contribution is 2.11. The van der Waals surface area contributed by atoms with Crippen molar-refractivity contribution in [3.63, 3.8) is 0 Å². The Morgan fingerprint density at radius 2 is 2.04 bits per heavy atom. The van der Waals surface area contributed by atoms with Gasteiger partial charge in [0.15, 0.2) is 0 Å². The molecule has 1 aromatic carbocycles. The van der Waals surface area contributed by atoms with E-state index >= 15 is 0 Å². The molecule has 1 aliphatic heterocycles. The topological polar surface area (TPSA) is 87.3 Å². The van der Waals surface area contributed by atoms with Crippen molar-refractivity contribution in [3.05, 3.63) is 30.1 Å². The minimum atomic E-state index is -3.73. The summed E-state index contributed by atoms with van der Waals surface area (Å²) in [4.78, 5) is 11.9. The van der Waals surface area contributed by atoms with Gasteiger partial charge < -0.3 is 10.6 Å². The molecule has 6 nitrogen and oxygen atoms in total. The lowest BCUT2D eigenvalue weighted by Gasteiger charge is -2.30. The van der Waals surface area contributed by atoms with Gasteiger partial charge in [-0.15, -0.1) is 0 Å². The molecule has 2 atom stereocenters. The molecule has 2 rings (SSSR count). The Hall–Kier alpha value is -1.51. The molecule has 1 amide bonds. The quantitative estimate of drug-likeness (QED) is 0.706. The second kappa shape index (κ2) is 7.85. The van der Waals surface area contributed by atoms with Crippen LogP contribution in [0.5, 0.6) is 0 Å². The predicted octanol–water partition coefficient (Wildman–Crippen LogP) is 0.608. The van der Waals surface area contributed by atoms with Gasteiger partial charge in [0, 0.05) is 25.6 Å². The lowest BCUT2D eigenvalue weighted by molar-refractivity contribution is -0.122. The van der Waals surface area contributed by atoms with Gasteiger partial charge in [0.05, 0.1) is 4.90 Å². The number of piperidine rings is 1. The fraction of sp³-hybridized carbons (Fsp3) is 0.533. The molecule has 1 aromatic rings. The number of sulfonamides is 1. The number of carbonyl (C=O) groups excluding carboxylic acids is 1. The number of hydrogen-bond donors (Lipinski definition) is 3. The van der Waals surface area contributed by atoms with Crippen molar-refractivity contribution in [3.8, 4) is 0 Å². The number of hydrogen-bond acceptors (Lipinski definition) is 4. The molecule has 0 bridgehead atoms. The fourth-order valence-electron chi connectivity index (χ4n) is 2.46. The number of carbonyl (C=O) groups is 1. The van der Waals surface area contributed by atoms with Crippen LogP contribution in [0.15, 0.2) is 29.2 Å². The Bertz CT molecular complexity index is 634. The minimum Gasteiger partial charge on any atom is -0.352 e. The molecule has 23 heavy (non-hydrogen) atoms. The highest BCUT2D eigenvalue weighted by Gasteiger charge is 2.22. The van der Waals surface area contributed by atoms with Gasteiger partial charge in [-0.3, -0.25) is 4.79 Å². The summed E-state index contributed by atoms with van der Waals surface area (Å²) in [6, 6.07) is 4.61. The van der Waals surface area contributed by atoms with Gasteiger partial charge >= 0.3 is 0 Å². The normalized spacial score (nSPS) is 21.8. The summed E-state index contributed by atoms with van der Waals surface area (Å²) in [7, 11) is -3.73. The van der Waals surface area contributed by atoms with Gasteiger partial charge in [0.2, 0.25) is 15.9 Å². The van der Waals surface area contributed by atoms with Crippen molar-refractivity contribution in [2.24, 2.45) is 5.92 Å². The van der Waals surface area contributed by atoms with Gasteiger partial charge in [0.25, 0.3) is 0 Å². The van der Waals surface area contributed by atoms with Crippen molar-refractivity contribution in [2.45, 2.75) is 30.7 Å². The molecule has 1 aliphatic rings. The zero-order chi connectivity index (χ0) is 16.9. The van der Waals surface area contributed by atoms with E-state index < -0.39 is 15.8 Å². The van der Waals surface area contributed by atoms with Gasteiger partial charge in [-0.05, 0) is 43.1 Å². The molecule has 1 fully saturated rings. The summed E-state index contributed by atoms with van der Waals surface area (Å²) >= 11 is 0. The van der Waals surface area contributed by atoms with E-state index in [1.807, 2.05) is 0 Å². The van der Waals surface area contributed by atoms with E-state index in [-0.39, 0.29) is 29.8 Å². The summed E-state index contributed by atoms with van der Waals surface area (Å²) in [5, 5.41) is 6.14. The number of amides is 1. The van der Waals surface area contributed by atoms with Gasteiger partial charge in [-0.25, -0.2) is 17.5 Å². The highest BCUT2D eigenvalue weighted by molar-refractivity contribution is 7.89. The molecular weight excluding hydrogens is 321 g/mol. The van der Waals surface area contributed by atoms with Crippen LogP contribution in [-0.2, 0) is 14.8 Å². The van der Waals surface area contributed by atoms with Crippen molar-refractivity contribution in [1.82, 2.24) is 15.4 Å². The van der Waals surface area contributed by atoms with Crippen molar-refractivity contribution >= 4 is 15.9 Å². The largest absolute Gasteiger partial charge is 0.352 e. The van der Waals surface area contributed by atoms with Crippen molar-refractivity contribution < 1.29 is 17.6 Å². The van der Waals surface area contributed by atoms with Gasteiger partial charge in [-0.2, -0.15) is 0 Å². The predicted molar refractivity (Wildman–Crippen MR) is 84.8 cm³/mol. The lowest BCUT2D eigenvalue weighted by Crippen LogP contribution is -2.50. The van der Waals surface area contributed by atoms with Crippen LogP contribution in [0.1, 0.15) is 19.8 Å². The summed E-state index contributed by atoms with van der Waals surface area (Å²) < 4.78 is 39.1. The monoisotopic (exact) mass is 343 g/mol. The first-order valence-corrected chi connectivity index (χ1v) is 9.12. The van der Waals surface area contributed by atoms with Crippen LogP contribution in [-0.4, -0.2) is 40.0 Å². The minimum absolute atomic E-state index is 0.0000720. The van der Waals surface area contributed by atoms with Crippen LogP contribution < -0.4 is 15.4 Å². The molecule has 0 spiro atoms. The Morgan fingerprint density at radius 3 is 2.70 bits per heavy atom. The molecule has 0 aliphatic carbocycles. The van der Waals surface area contributed by atoms with Gasteiger partial charge in [0.1, 0.15) is 5.82 Å². The third-order valence-corrected chi connectivity index (χ3v) is 5.42. The van der Waals surface area contributed by atoms with E-state index in [1.54, 1.807) is 0 Å². The maximum atomic E-state index is 12.8. The standard InChI is InChI=1S/C15H22FN3O3S/c1-11-6-8-17-10-14(11)19-15(20)7-9-18-23(21,22)13-4-2-12(16)3-5-13/h2-5,11,14,17-18H,6-10H2,1H3,(H,19,20). The zero-order valence-corrected chi connectivity index (χ0v) is 13.8. The van der Waals surface area contributed by atoms with Crippen molar-refractivity contribution in [2.75, 3.05) is 19.6 Å². The second-order valence-electron chi connectivity index (χ2n) is 5.75. The summed E-state index contributed by atoms with van der Waals surface area (Å²) in [6.45, 7) is 3.77. The summed E-state index contributed by atoms with van der Waals surface area (Å²) in [5.41, 5.74) is 0. The molecule has 1 saturated heterocycles. The molecule has 1 heterocycles. The van der Waals surface area contributed by atoms with Crippen LogP contribution in [0.2, 0.25) is 0 Å². The van der Waals surface area contributed by atoms with Crippen LogP contribution in [0.3, 0.4) is 0 Å². The Balaban J connectivity index is 1.79. The summed E-state index contributed by atoms with van der Waals surface area (Å²) in [6.07, 6.45) is 1.06. The smallest absolute Gasteiger partial charge is 0.240 e. The van der Waals surface area contributed by atoms with E-state index in [2.05, 4.69) is 22.3 Å².